The zero-order chi connectivity index (χ0) is 8.10. The molecule has 2 nitrogen and oxygen atoms in total. The van der Waals surface area contributed by atoms with Crippen molar-refractivity contribution in [1.82, 2.24) is 10.2 Å². The van der Waals surface area contributed by atoms with Gasteiger partial charge in [0.25, 0.3) is 0 Å². The van der Waals surface area contributed by atoms with Crippen LogP contribution in [0.3, 0.4) is 0 Å². The van der Waals surface area contributed by atoms with Gasteiger partial charge in [-0.25, -0.2) is 0 Å². The van der Waals surface area contributed by atoms with Crippen molar-refractivity contribution in [3.8, 4) is 0 Å². The molecule has 1 N–H and O–H groups in total. The fraction of sp³-hybridized carbons (Fsp3) is 1.00. The highest BCUT2D eigenvalue weighted by molar-refractivity contribution is 7.99. The van der Waals surface area contributed by atoms with Gasteiger partial charge in [-0.1, -0.05) is 0 Å². The topological polar surface area (TPSA) is 15.3 Å². The van der Waals surface area contributed by atoms with Crippen molar-refractivity contribution >= 4 is 11.8 Å². The number of rotatable bonds is 5. The maximum Gasteiger partial charge on any atom is 0.00662 e. The Morgan fingerprint density at radius 3 is 2.64 bits per heavy atom. The van der Waals surface area contributed by atoms with Crippen LogP contribution in [0.2, 0.25) is 0 Å². The van der Waals surface area contributed by atoms with Crippen molar-refractivity contribution in [1.29, 1.82) is 0 Å². The second-order valence-electron chi connectivity index (χ2n) is 3.40. The number of hydrogen-bond donors (Lipinski definition) is 1. The van der Waals surface area contributed by atoms with Gasteiger partial charge in [-0.2, -0.15) is 11.8 Å². The lowest BCUT2D eigenvalue weighted by molar-refractivity contribution is 0.384. The Bertz CT molecular complexity index is 102. The SMILES string of the molecule is CN(C)CCSCC1CNC1. The molecule has 3 heteroatoms. The Balaban J connectivity index is 1.80. The quantitative estimate of drug-likeness (QED) is 0.611. The zero-order valence-corrected chi connectivity index (χ0v) is 8.28. The van der Waals surface area contributed by atoms with Crippen LogP contribution in [0, 0.1) is 5.92 Å². The monoisotopic (exact) mass is 174 g/mol. The molecule has 0 bridgehead atoms. The van der Waals surface area contributed by atoms with Crippen LogP contribution in [0.25, 0.3) is 0 Å². The van der Waals surface area contributed by atoms with Gasteiger partial charge in [-0.15, -0.1) is 0 Å². The Morgan fingerprint density at radius 2 is 2.18 bits per heavy atom. The molecule has 11 heavy (non-hydrogen) atoms. The highest BCUT2D eigenvalue weighted by Crippen LogP contribution is 2.11. The molecule has 0 aromatic rings. The van der Waals surface area contributed by atoms with E-state index in [4.69, 9.17) is 0 Å². The summed E-state index contributed by atoms with van der Waals surface area (Å²) in [7, 11) is 4.26. The summed E-state index contributed by atoms with van der Waals surface area (Å²) in [5.74, 6) is 3.59. The van der Waals surface area contributed by atoms with Crippen LogP contribution in [0.1, 0.15) is 0 Å². The largest absolute Gasteiger partial charge is 0.316 e. The van der Waals surface area contributed by atoms with Gasteiger partial charge in [0.05, 0.1) is 0 Å². The highest BCUT2D eigenvalue weighted by Gasteiger charge is 2.15. The van der Waals surface area contributed by atoms with Crippen molar-refractivity contribution < 1.29 is 0 Å². The van der Waals surface area contributed by atoms with E-state index in [0.717, 1.165) is 5.92 Å². The standard InChI is InChI=1S/C8H18N2S/c1-10(2)3-4-11-7-8-5-9-6-8/h8-9H,3-7H2,1-2H3. The first kappa shape index (κ1) is 9.36. The van der Waals surface area contributed by atoms with Crippen molar-refractivity contribution in [2.24, 2.45) is 5.92 Å². The molecule has 0 radical (unpaired) electrons. The van der Waals surface area contributed by atoms with Crippen LogP contribution < -0.4 is 5.32 Å². The predicted octanol–water partition coefficient (Wildman–Crippen LogP) is 0.501. The minimum atomic E-state index is 0.960. The van der Waals surface area contributed by atoms with E-state index in [1.165, 1.54) is 31.1 Å². The van der Waals surface area contributed by atoms with Gasteiger partial charge >= 0.3 is 0 Å². The third-order valence-corrected chi connectivity index (χ3v) is 3.08. The molecule has 1 aliphatic rings. The Morgan fingerprint density at radius 1 is 1.45 bits per heavy atom. The average molecular weight is 174 g/mol. The highest BCUT2D eigenvalue weighted by atomic mass is 32.2. The van der Waals surface area contributed by atoms with Crippen LogP contribution >= 0.6 is 11.8 Å². The lowest BCUT2D eigenvalue weighted by atomic mass is 10.1. The lowest BCUT2D eigenvalue weighted by Gasteiger charge is -2.26. The molecule has 0 aliphatic carbocycles. The number of nitrogens with one attached hydrogen (secondary N) is 1. The summed E-state index contributed by atoms with van der Waals surface area (Å²) in [4.78, 5) is 2.24. The van der Waals surface area contributed by atoms with Gasteiger partial charge < -0.3 is 10.2 Å². The molecule has 66 valence electrons. The summed E-state index contributed by atoms with van der Waals surface area (Å²) in [5, 5.41) is 3.29. The number of thioether (sulfide) groups is 1. The molecule has 1 heterocycles. The van der Waals surface area contributed by atoms with E-state index < -0.39 is 0 Å². The van der Waals surface area contributed by atoms with Crippen molar-refractivity contribution in [2.45, 2.75) is 0 Å². The molecule has 0 aromatic carbocycles. The van der Waals surface area contributed by atoms with Crippen LogP contribution in [-0.4, -0.2) is 50.1 Å². The summed E-state index contributed by atoms with van der Waals surface area (Å²) in [6, 6.07) is 0. The van der Waals surface area contributed by atoms with Gasteiger partial charge in [0.1, 0.15) is 0 Å². The Hall–Kier alpha value is 0.270. The second-order valence-corrected chi connectivity index (χ2v) is 4.55. The first-order chi connectivity index (χ1) is 5.29. The van der Waals surface area contributed by atoms with Gasteiger partial charge in [-0.3, -0.25) is 0 Å². The fourth-order valence-electron chi connectivity index (χ4n) is 0.963. The molecule has 0 unspecified atom stereocenters. The molecule has 0 aromatic heterocycles. The molecular formula is C8H18N2S. The van der Waals surface area contributed by atoms with E-state index in [2.05, 4.69) is 36.1 Å². The molecule has 1 aliphatic heterocycles. The van der Waals surface area contributed by atoms with Crippen molar-refractivity contribution in [2.75, 3.05) is 45.2 Å². The van der Waals surface area contributed by atoms with Gasteiger partial charge in [-0.05, 0) is 38.9 Å². The van der Waals surface area contributed by atoms with E-state index in [-0.39, 0.29) is 0 Å². The van der Waals surface area contributed by atoms with E-state index in [0.29, 0.717) is 0 Å². The molecule has 1 fully saturated rings. The Labute approximate surface area is 73.7 Å². The van der Waals surface area contributed by atoms with Gasteiger partial charge in [0.15, 0.2) is 0 Å². The smallest absolute Gasteiger partial charge is 0.00662 e. The van der Waals surface area contributed by atoms with Crippen LogP contribution in [0.15, 0.2) is 0 Å². The third-order valence-electron chi connectivity index (χ3n) is 1.90. The predicted molar refractivity (Wildman–Crippen MR) is 52.2 cm³/mol. The molecule has 0 saturated carbocycles. The van der Waals surface area contributed by atoms with Crippen LogP contribution in [-0.2, 0) is 0 Å². The molecule has 0 spiro atoms. The first-order valence-corrected chi connectivity index (χ1v) is 5.37. The molecular weight excluding hydrogens is 156 g/mol. The lowest BCUT2D eigenvalue weighted by Crippen LogP contribution is -2.43. The fourth-order valence-corrected chi connectivity index (χ4v) is 2.19. The van der Waals surface area contributed by atoms with Crippen LogP contribution in [0.4, 0.5) is 0 Å². The molecule has 0 atom stereocenters. The van der Waals surface area contributed by atoms with Crippen LogP contribution in [0.5, 0.6) is 0 Å². The van der Waals surface area contributed by atoms with E-state index in [1.807, 2.05) is 0 Å². The summed E-state index contributed by atoms with van der Waals surface area (Å²) in [6.07, 6.45) is 0. The zero-order valence-electron chi connectivity index (χ0n) is 7.47. The third kappa shape index (κ3) is 3.99. The Kier molecular flexibility index (Phi) is 4.26. The average Bonchev–Trinajstić information content (AvgIpc) is 1.82. The van der Waals surface area contributed by atoms with Gasteiger partial charge in [0.2, 0.25) is 0 Å². The molecule has 1 rings (SSSR count). The molecule has 1 saturated heterocycles. The van der Waals surface area contributed by atoms with Crippen molar-refractivity contribution in [3.05, 3.63) is 0 Å². The normalized spacial score (nSPS) is 18.8. The minimum Gasteiger partial charge on any atom is -0.316 e. The maximum atomic E-state index is 3.29. The van der Waals surface area contributed by atoms with E-state index >= 15 is 0 Å². The second kappa shape index (κ2) is 5.01. The number of hydrogen-bond acceptors (Lipinski definition) is 3. The van der Waals surface area contributed by atoms with Gasteiger partial charge in [0, 0.05) is 12.3 Å². The molecule has 0 amide bonds. The maximum absolute atomic E-state index is 3.29. The first-order valence-electron chi connectivity index (χ1n) is 4.22. The minimum absolute atomic E-state index is 0.960. The summed E-state index contributed by atoms with van der Waals surface area (Å²) >= 11 is 2.08. The van der Waals surface area contributed by atoms with Crippen molar-refractivity contribution in [3.63, 3.8) is 0 Å². The van der Waals surface area contributed by atoms with E-state index in [9.17, 15) is 0 Å². The summed E-state index contributed by atoms with van der Waals surface area (Å²) in [5.41, 5.74) is 0. The van der Waals surface area contributed by atoms with E-state index in [1.54, 1.807) is 0 Å². The summed E-state index contributed by atoms with van der Waals surface area (Å²) < 4.78 is 0. The summed E-state index contributed by atoms with van der Waals surface area (Å²) in [6.45, 7) is 3.70. The number of nitrogens with zero attached hydrogens (tertiary/aromatic N) is 1.